The molecule has 7 heteroatoms. The third-order valence-corrected chi connectivity index (χ3v) is 4.60. The quantitative estimate of drug-likeness (QED) is 0.741. The van der Waals surface area contributed by atoms with Gasteiger partial charge in [0.2, 0.25) is 5.91 Å². The van der Waals surface area contributed by atoms with Crippen molar-refractivity contribution in [3.63, 3.8) is 0 Å². The summed E-state index contributed by atoms with van der Waals surface area (Å²) in [5.41, 5.74) is 1.23. The molecule has 24 heavy (non-hydrogen) atoms. The first-order valence-corrected chi connectivity index (χ1v) is 8.70. The van der Waals surface area contributed by atoms with Gasteiger partial charge >= 0.3 is 0 Å². The molecule has 0 aliphatic carbocycles. The third-order valence-electron chi connectivity index (χ3n) is 3.33. The fourth-order valence-corrected chi connectivity index (χ4v) is 3.25. The van der Waals surface area contributed by atoms with Crippen molar-refractivity contribution in [1.29, 1.82) is 0 Å². The summed E-state index contributed by atoms with van der Waals surface area (Å²) in [4.78, 5) is 24.1. The van der Waals surface area contributed by atoms with Crippen molar-refractivity contribution in [2.24, 2.45) is 0 Å². The second kappa shape index (κ2) is 8.51. The number of hydrogen-bond acceptors (Lipinski definition) is 2. The maximum atomic E-state index is 12.1. The maximum Gasteiger partial charge on any atom is 0.253 e. The second-order valence-electron chi connectivity index (χ2n) is 5.12. The number of carbonyl (C=O) groups excluding carboxylic acids is 2. The van der Waals surface area contributed by atoms with E-state index < -0.39 is 5.91 Å². The van der Waals surface area contributed by atoms with Gasteiger partial charge in [-0.05, 0) is 36.8 Å². The minimum Gasteiger partial charge on any atom is -0.348 e. The number of nitrogens with one attached hydrogen (secondary N) is 2. The van der Waals surface area contributed by atoms with Crippen molar-refractivity contribution in [3.8, 4) is 0 Å². The molecule has 0 saturated heterocycles. The molecule has 1 atom stereocenters. The molecule has 0 saturated carbocycles. The zero-order valence-corrected chi connectivity index (χ0v) is 15.9. The number of benzene rings is 2. The van der Waals surface area contributed by atoms with Gasteiger partial charge in [-0.1, -0.05) is 57.3 Å². The lowest BCUT2D eigenvalue weighted by Gasteiger charge is -2.16. The molecule has 2 aromatic carbocycles. The first kappa shape index (κ1) is 18.8. The van der Waals surface area contributed by atoms with Crippen LogP contribution < -0.4 is 10.6 Å². The Morgan fingerprint density at radius 2 is 1.88 bits per heavy atom. The highest BCUT2D eigenvalue weighted by Crippen LogP contribution is 2.23. The highest BCUT2D eigenvalue weighted by Gasteiger charge is 2.15. The topological polar surface area (TPSA) is 58.2 Å². The van der Waals surface area contributed by atoms with E-state index in [4.69, 9.17) is 23.2 Å². The summed E-state index contributed by atoms with van der Waals surface area (Å²) in [6, 6.07) is 12.0. The van der Waals surface area contributed by atoms with Crippen molar-refractivity contribution < 1.29 is 9.59 Å². The molecule has 2 N–H and O–H groups in total. The number of hydrogen-bond donors (Lipinski definition) is 2. The van der Waals surface area contributed by atoms with Crippen LogP contribution in [0.2, 0.25) is 10.0 Å². The van der Waals surface area contributed by atoms with Crippen molar-refractivity contribution in [3.05, 3.63) is 68.1 Å². The van der Waals surface area contributed by atoms with E-state index in [1.807, 2.05) is 31.2 Å². The van der Waals surface area contributed by atoms with Gasteiger partial charge in [-0.15, -0.1) is 0 Å². The van der Waals surface area contributed by atoms with Gasteiger partial charge in [-0.3, -0.25) is 9.59 Å². The molecule has 0 aliphatic heterocycles. The first-order valence-electron chi connectivity index (χ1n) is 7.15. The molecule has 0 spiro atoms. The van der Waals surface area contributed by atoms with Crippen molar-refractivity contribution in [2.75, 3.05) is 6.54 Å². The van der Waals surface area contributed by atoms with Crippen LogP contribution in [-0.4, -0.2) is 18.4 Å². The standard InChI is InChI=1S/C17H15BrCl2N2O2/c1-10(12-4-2-3-5-14(12)18)22-16(23)9-21-17(24)13-7-6-11(19)8-15(13)20/h2-8,10H,9H2,1H3,(H,21,24)(H,22,23). The molecule has 0 bridgehead atoms. The first-order chi connectivity index (χ1) is 11.4. The molecule has 0 aromatic heterocycles. The van der Waals surface area contributed by atoms with Gasteiger partial charge in [0, 0.05) is 9.50 Å². The molecule has 4 nitrogen and oxygen atoms in total. The molecule has 0 radical (unpaired) electrons. The van der Waals surface area contributed by atoms with Crippen LogP contribution >= 0.6 is 39.1 Å². The fourth-order valence-electron chi connectivity index (χ4n) is 2.13. The van der Waals surface area contributed by atoms with Gasteiger partial charge in [0.15, 0.2) is 0 Å². The third kappa shape index (κ3) is 4.97. The van der Waals surface area contributed by atoms with Crippen LogP contribution in [0.4, 0.5) is 0 Å². The Bertz CT molecular complexity index is 768. The van der Waals surface area contributed by atoms with Gasteiger partial charge < -0.3 is 10.6 Å². The van der Waals surface area contributed by atoms with E-state index in [2.05, 4.69) is 26.6 Å². The van der Waals surface area contributed by atoms with E-state index in [0.29, 0.717) is 5.02 Å². The molecule has 0 aliphatic rings. The molecular formula is C17H15BrCl2N2O2. The Labute approximate surface area is 158 Å². The van der Waals surface area contributed by atoms with E-state index in [0.717, 1.165) is 10.0 Å². The van der Waals surface area contributed by atoms with Crippen LogP contribution in [0, 0.1) is 0 Å². The van der Waals surface area contributed by atoms with Crippen LogP contribution in [-0.2, 0) is 4.79 Å². The fraction of sp³-hybridized carbons (Fsp3) is 0.176. The molecule has 2 aromatic rings. The zero-order valence-electron chi connectivity index (χ0n) is 12.8. The van der Waals surface area contributed by atoms with E-state index >= 15 is 0 Å². The van der Waals surface area contributed by atoms with Crippen molar-refractivity contribution in [1.82, 2.24) is 10.6 Å². The SMILES string of the molecule is CC(NC(=O)CNC(=O)c1ccc(Cl)cc1Cl)c1ccccc1Br. The Kier molecular flexibility index (Phi) is 6.66. The lowest BCUT2D eigenvalue weighted by atomic mass is 10.1. The van der Waals surface area contributed by atoms with Gasteiger partial charge in [-0.25, -0.2) is 0 Å². The summed E-state index contributed by atoms with van der Waals surface area (Å²) in [5, 5.41) is 6.05. The van der Waals surface area contributed by atoms with E-state index in [9.17, 15) is 9.59 Å². The Hall–Kier alpha value is -1.56. The lowest BCUT2D eigenvalue weighted by molar-refractivity contribution is -0.120. The van der Waals surface area contributed by atoms with Crippen molar-refractivity contribution in [2.45, 2.75) is 13.0 Å². The van der Waals surface area contributed by atoms with Crippen LogP contribution in [0.1, 0.15) is 28.9 Å². The highest BCUT2D eigenvalue weighted by atomic mass is 79.9. The Morgan fingerprint density at radius 3 is 2.54 bits per heavy atom. The number of amides is 2. The summed E-state index contributed by atoms with van der Waals surface area (Å²) >= 11 is 15.2. The zero-order chi connectivity index (χ0) is 17.7. The largest absolute Gasteiger partial charge is 0.348 e. The average molecular weight is 430 g/mol. The van der Waals surface area contributed by atoms with Crippen LogP contribution in [0.5, 0.6) is 0 Å². The van der Waals surface area contributed by atoms with Gasteiger partial charge in [-0.2, -0.15) is 0 Å². The normalized spacial score (nSPS) is 11.7. The minimum absolute atomic E-state index is 0.146. The van der Waals surface area contributed by atoms with Crippen LogP contribution in [0.15, 0.2) is 46.9 Å². The molecule has 2 amide bonds. The maximum absolute atomic E-state index is 12.1. The minimum atomic E-state index is -0.430. The lowest BCUT2D eigenvalue weighted by Crippen LogP contribution is -2.38. The predicted octanol–water partition coefficient (Wildman–Crippen LogP) is 4.36. The molecule has 1 unspecified atom stereocenters. The Balaban J connectivity index is 1.91. The molecule has 0 heterocycles. The number of halogens is 3. The summed E-state index contributed by atoms with van der Waals surface area (Å²) in [6.45, 7) is 1.72. The van der Waals surface area contributed by atoms with Crippen LogP contribution in [0.25, 0.3) is 0 Å². The van der Waals surface area contributed by atoms with Gasteiger partial charge in [0.25, 0.3) is 5.91 Å². The summed E-state index contributed by atoms with van der Waals surface area (Å²) in [7, 11) is 0. The number of carbonyl (C=O) groups is 2. The van der Waals surface area contributed by atoms with Gasteiger partial charge in [0.05, 0.1) is 23.2 Å². The number of rotatable bonds is 5. The molecule has 2 rings (SSSR count). The summed E-state index contributed by atoms with van der Waals surface area (Å²) in [5.74, 6) is -0.725. The average Bonchev–Trinajstić information content (AvgIpc) is 2.53. The highest BCUT2D eigenvalue weighted by molar-refractivity contribution is 9.10. The Morgan fingerprint density at radius 1 is 1.17 bits per heavy atom. The second-order valence-corrected chi connectivity index (χ2v) is 6.82. The smallest absolute Gasteiger partial charge is 0.253 e. The molecular weight excluding hydrogens is 415 g/mol. The van der Waals surface area contributed by atoms with Crippen molar-refractivity contribution >= 4 is 50.9 Å². The van der Waals surface area contributed by atoms with E-state index in [1.165, 1.54) is 12.1 Å². The monoisotopic (exact) mass is 428 g/mol. The molecule has 0 fully saturated rings. The van der Waals surface area contributed by atoms with Gasteiger partial charge in [0.1, 0.15) is 0 Å². The van der Waals surface area contributed by atoms with E-state index in [-0.39, 0.29) is 29.1 Å². The van der Waals surface area contributed by atoms with Crippen LogP contribution in [0.3, 0.4) is 0 Å². The molecule has 126 valence electrons. The summed E-state index contributed by atoms with van der Waals surface area (Å²) < 4.78 is 0.912. The van der Waals surface area contributed by atoms with E-state index in [1.54, 1.807) is 6.07 Å². The predicted molar refractivity (Wildman–Crippen MR) is 99.5 cm³/mol. The summed E-state index contributed by atoms with van der Waals surface area (Å²) in [6.07, 6.45) is 0.